The molecule has 0 aliphatic carbocycles. The van der Waals surface area contributed by atoms with Crippen LogP contribution in [-0.4, -0.2) is 0 Å². The highest BCUT2D eigenvalue weighted by atomic mass is 32.1. The molecular formula is C38H18S4. The number of thiophene rings is 4. The number of hydrogen-bond acceptors (Lipinski definition) is 4. The normalized spacial score (nSPS) is 12.8. The monoisotopic (exact) mass is 602 g/mol. The minimum absolute atomic E-state index is 1.32. The first-order valence-corrected chi connectivity index (χ1v) is 17.4. The van der Waals surface area contributed by atoms with Gasteiger partial charge in [0.25, 0.3) is 0 Å². The minimum atomic E-state index is 1.32. The topological polar surface area (TPSA) is 0 Å². The Morgan fingerprint density at radius 1 is 0.262 bits per heavy atom. The third-order valence-corrected chi connectivity index (χ3v) is 13.0. The predicted octanol–water partition coefficient (Wildman–Crippen LogP) is 13.5. The van der Waals surface area contributed by atoms with Crippen LogP contribution in [0.3, 0.4) is 0 Å². The fourth-order valence-electron chi connectivity index (χ4n) is 6.96. The molecule has 42 heavy (non-hydrogen) atoms. The van der Waals surface area contributed by atoms with E-state index in [0.29, 0.717) is 0 Å². The summed E-state index contributed by atoms with van der Waals surface area (Å²) in [6, 6.07) is 37.9. The van der Waals surface area contributed by atoms with E-state index in [9.17, 15) is 0 Å². The van der Waals surface area contributed by atoms with Gasteiger partial charge in [-0.05, 0) is 162 Å². The average Bonchev–Trinajstić information content (AvgIpc) is 3.78. The van der Waals surface area contributed by atoms with E-state index in [-0.39, 0.29) is 0 Å². The van der Waals surface area contributed by atoms with E-state index in [1.165, 1.54) is 104 Å². The average molecular weight is 603 g/mol. The zero-order valence-corrected chi connectivity index (χ0v) is 25.3. The van der Waals surface area contributed by atoms with Crippen molar-refractivity contribution in [3.05, 3.63) is 108 Å². The standard InChI is InChI=1S/C38H18S4/c1-3-39-33-13-25-9-23-11-29-31-17-38-32(18-37(31)41-35(29)15-27(23)7-21(25)5-19(1)33)30-12-24-10-26-14-34-20(2-4-40-34)6-22(26)8-28(24)16-36(30)42-38/h1-18H. The summed E-state index contributed by atoms with van der Waals surface area (Å²) < 4.78 is 8.19. The highest BCUT2D eigenvalue weighted by molar-refractivity contribution is 7.27. The Bertz CT molecular complexity index is 2760. The van der Waals surface area contributed by atoms with Crippen molar-refractivity contribution in [1.82, 2.24) is 0 Å². The van der Waals surface area contributed by atoms with Crippen molar-refractivity contribution >= 4 is 149 Å². The second-order valence-corrected chi connectivity index (χ2v) is 15.5. The van der Waals surface area contributed by atoms with Gasteiger partial charge in [0.05, 0.1) is 0 Å². The molecule has 0 radical (unpaired) electrons. The van der Waals surface area contributed by atoms with Crippen LogP contribution in [0.5, 0.6) is 0 Å². The van der Waals surface area contributed by atoms with Crippen molar-refractivity contribution in [2.45, 2.75) is 0 Å². The van der Waals surface area contributed by atoms with Crippen molar-refractivity contribution < 1.29 is 0 Å². The van der Waals surface area contributed by atoms with Gasteiger partial charge in [0.1, 0.15) is 0 Å². The summed E-state index contributed by atoms with van der Waals surface area (Å²) in [5, 5.41) is 23.1. The molecule has 4 heterocycles. The van der Waals surface area contributed by atoms with Gasteiger partial charge < -0.3 is 0 Å². The van der Waals surface area contributed by atoms with Crippen molar-refractivity contribution in [2.75, 3.05) is 0 Å². The molecule has 0 aliphatic rings. The van der Waals surface area contributed by atoms with E-state index in [0.717, 1.165) is 0 Å². The Balaban J connectivity index is 1.15. The smallest absolute Gasteiger partial charge is 0.0362 e. The maximum atomic E-state index is 2.45. The summed E-state index contributed by atoms with van der Waals surface area (Å²) in [5.41, 5.74) is 0. The molecule has 0 fully saturated rings. The molecule has 4 heteroatoms. The lowest BCUT2D eigenvalue weighted by atomic mass is 9.99. The van der Waals surface area contributed by atoms with Gasteiger partial charge in [-0.1, -0.05) is 0 Å². The first kappa shape index (κ1) is 22.5. The summed E-state index contributed by atoms with van der Waals surface area (Å²) in [6.07, 6.45) is 0. The van der Waals surface area contributed by atoms with Crippen molar-refractivity contribution in [3.8, 4) is 0 Å². The molecule has 7 aromatic carbocycles. The lowest BCUT2D eigenvalue weighted by molar-refractivity contribution is 1.90. The Morgan fingerprint density at radius 2 is 0.571 bits per heavy atom. The number of hydrogen-bond donors (Lipinski definition) is 0. The van der Waals surface area contributed by atoms with Crippen LogP contribution < -0.4 is 0 Å². The van der Waals surface area contributed by atoms with Crippen LogP contribution >= 0.6 is 45.3 Å². The third kappa shape index (κ3) is 3.05. The fraction of sp³-hybridized carbons (Fsp3) is 0. The fourth-order valence-corrected chi connectivity index (χ4v) is 10.9. The summed E-state index contributed by atoms with van der Waals surface area (Å²) in [5.74, 6) is 0. The highest BCUT2D eigenvalue weighted by Crippen LogP contribution is 2.44. The molecule has 11 aromatic rings. The van der Waals surface area contributed by atoms with Crippen LogP contribution in [0.15, 0.2) is 108 Å². The van der Waals surface area contributed by atoms with Gasteiger partial charge in [0, 0.05) is 49.7 Å². The SMILES string of the molecule is c1cc2cc3cc4cc5sc6cc7c(cc6c5cc4cc3cc2s1)sc1cc2cc3cc4ccsc4cc3cc2cc17. The van der Waals surface area contributed by atoms with Gasteiger partial charge in [-0.2, -0.15) is 0 Å². The zero-order valence-electron chi connectivity index (χ0n) is 22.0. The summed E-state index contributed by atoms with van der Waals surface area (Å²) in [4.78, 5) is 0. The van der Waals surface area contributed by atoms with Crippen LogP contribution in [0.25, 0.3) is 104 Å². The molecule has 0 aliphatic heterocycles. The minimum Gasteiger partial charge on any atom is -0.144 e. The van der Waals surface area contributed by atoms with Gasteiger partial charge in [-0.15, -0.1) is 45.3 Å². The second-order valence-electron chi connectivity index (χ2n) is 11.5. The van der Waals surface area contributed by atoms with Gasteiger partial charge in [0.15, 0.2) is 0 Å². The van der Waals surface area contributed by atoms with Crippen LogP contribution in [-0.2, 0) is 0 Å². The Morgan fingerprint density at radius 3 is 1.02 bits per heavy atom. The molecule has 0 atom stereocenters. The Labute approximate surface area is 255 Å². The molecule has 4 aromatic heterocycles. The van der Waals surface area contributed by atoms with E-state index in [2.05, 4.69) is 108 Å². The lowest BCUT2D eigenvalue weighted by Crippen LogP contribution is -1.77. The molecule has 0 nitrogen and oxygen atoms in total. The zero-order chi connectivity index (χ0) is 27.1. The molecular weight excluding hydrogens is 585 g/mol. The highest BCUT2D eigenvalue weighted by Gasteiger charge is 2.14. The molecule has 0 unspecified atom stereocenters. The third-order valence-electron chi connectivity index (χ3n) is 9.03. The van der Waals surface area contributed by atoms with E-state index < -0.39 is 0 Å². The molecule has 11 rings (SSSR count). The van der Waals surface area contributed by atoms with Crippen LogP contribution in [0.1, 0.15) is 0 Å². The maximum Gasteiger partial charge on any atom is 0.0362 e. The first-order chi connectivity index (χ1) is 20.7. The molecule has 0 bridgehead atoms. The van der Waals surface area contributed by atoms with Gasteiger partial charge in [-0.25, -0.2) is 0 Å². The molecule has 0 N–H and O–H groups in total. The number of fused-ring (bicyclic) bond motifs is 12. The van der Waals surface area contributed by atoms with E-state index in [1.54, 1.807) is 0 Å². The largest absolute Gasteiger partial charge is 0.144 e. The quantitative estimate of drug-likeness (QED) is 0.151. The predicted molar refractivity (Wildman–Crippen MR) is 193 cm³/mol. The van der Waals surface area contributed by atoms with Crippen LogP contribution in [0.4, 0.5) is 0 Å². The molecule has 0 saturated carbocycles. The van der Waals surface area contributed by atoms with Gasteiger partial charge in [-0.3, -0.25) is 0 Å². The molecule has 0 spiro atoms. The van der Waals surface area contributed by atoms with Crippen molar-refractivity contribution in [1.29, 1.82) is 0 Å². The Kier molecular flexibility index (Phi) is 4.21. The van der Waals surface area contributed by atoms with Crippen molar-refractivity contribution in [3.63, 3.8) is 0 Å². The van der Waals surface area contributed by atoms with Gasteiger partial charge >= 0.3 is 0 Å². The van der Waals surface area contributed by atoms with E-state index >= 15 is 0 Å². The number of rotatable bonds is 0. The maximum absolute atomic E-state index is 2.45. The van der Waals surface area contributed by atoms with Crippen LogP contribution in [0, 0.1) is 0 Å². The molecule has 194 valence electrons. The second kappa shape index (κ2) is 7.85. The van der Waals surface area contributed by atoms with E-state index in [4.69, 9.17) is 0 Å². The first-order valence-electron chi connectivity index (χ1n) is 14.0. The molecule has 0 amide bonds. The van der Waals surface area contributed by atoms with Crippen LogP contribution in [0.2, 0.25) is 0 Å². The Hall–Kier alpha value is -4.06. The van der Waals surface area contributed by atoms with Crippen molar-refractivity contribution in [2.24, 2.45) is 0 Å². The summed E-state index contributed by atoms with van der Waals surface area (Å²) in [6.45, 7) is 0. The lowest BCUT2D eigenvalue weighted by Gasteiger charge is -2.04. The number of benzene rings is 7. The summed E-state index contributed by atoms with van der Waals surface area (Å²) >= 11 is 7.50. The summed E-state index contributed by atoms with van der Waals surface area (Å²) in [7, 11) is 0. The van der Waals surface area contributed by atoms with E-state index in [1.807, 2.05) is 45.3 Å². The molecule has 0 saturated heterocycles. The van der Waals surface area contributed by atoms with Gasteiger partial charge in [0.2, 0.25) is 0 Å².